The quantitative estimate of drug-likeness (QED) is 0.613. The van der Waals surface area contributed by atoms with Gasteiger partial charge in [-0.3, -0.25) is 0 Å². The standard InChI is InChI=1S/C16H26OS/c1-13(2)18-11-7-5-6-10-17-16-9-8-14(3)12-15(16)4/h8-9,12-13H,5-7,10-11H2,1-4H3. The van der Waals surface area contributed by atoms with Crippen LogP contribution in [0.3, 0.4) is 0 Å². The van der Waals surface area contributed by atoms with Crippen LogP contribution in [0.15, 0.2) is 18.2 Å². The summed E-state index contributed by atoms with van der Waals surface area (Å²) in [4.78, 5) is 0. The molecule has 0 aromatic heterocycles. The van der Waals surface area contributed by atoms with Crippen molar-refractivity contribution in [1.82, 2.24) is 0 Å². The molecule has 18 heavy (non-hydrogen) atoms. The van der Waals surface area contributed by atoms with Crippen molar-refractivity contribution in [2.45, 2.75) is 52.2 Å². The number of hydrogen-bond acceptors (Lipinski definition) is 2. The van der Waals surface area contributed by atoms with Crippen LogP contribution in [0.5, 0.6) is 5.75 Å². The molecule has 2 heteroatoms. The van der Waals surface area contributed by atoms with E-state index in [-0.39, 0.29) is 0 Å². The van der Waals surface area contributed by atoms with Crippen molar-refractivity contribution in [2.75, 3.05) is 12.4 Å². The van der Waals surface area contributed by atoms with Gasteiger partial charge in [-0.15, -0.1) is 0 Å². The third kappa shape index (κ3) is 6.34. The van der Waals surface area contributed by atoms with Gasteiger partial charge in [0.15, 0.2) is 0 Å². The molecule has 0 unspecified atom stereocenters. The van der Waals surface area contributed by atoms with Crippen LogP contribution in [-0.4, -0.2) is 17.6 Å². The van der Waals surface area contributed by atoms with Gasteiger partial charge in [0.1, 0.15) is 5.75 Å². The lowest BCUT2D eigenvalue weighted by atomic mass is 10.1. The maximum atomic E-state index is 5.81. The van der Waals surface area contributed by atoms with Crippen LogP contribution in [-0.2, 0) is 0 Å². The van der Waals surface area contributed by atoms with Gasteiger partial charge in [0.25, 0.3) is 0 Å². The Morgan fingerprint density at radius 2 is 1.89 bits per heavy atom. The highest BCUT2D eigenvalue weighted by molar-refractivity contribution is 7.99. The highest BCUT2D eigenvalue weighted by atomic mass is 32.2. The third-order valence-corrected chi connectivity index (χ3v) is 4.02. The van der Waals surface area contributed by atoms with Crippen LogP contribution < -0.4 is 4.74 Å². The molecule has 0 aliphatic heterocycles. The van der Waals surface area contributed by atoms with Gasteiger partial charge in [-0.05, 0) is 55.7 Å². The zero-order valence-corrected chi connectivity index (χ0v) is 13.0. The topological polar surface area (TPSA) is 9.23 Å². The fourth-order valence-corrected chi connectivity index (χ4v) is 2.69. The second-order valence-electron chi connectivity index (χ2n) is 5.10. The van der Waals surface area contributed by atoms with E-state index in [9.17, 15) is 0 Å². The number of aryl methyl sites for hydroxylation is 2. The Morgan fingerprint density at radius 1 is 1.11 bits per heavy atom. The number of hydrogen-bond donors (Lipinski definition) is 0. The number of ether oxygens (including phenoxy) is 1. The fourth-order valence-electron chi connectivity index (χ4n) is 1.84. The number of thioether (sulfide) groups is 1. The summed E-state index contributed by atoms with van der Waals surface area (Å²) in [7, 11) is 0. The van der Waals surface area contributed by atoms with Crippen molar-refractivity contribution in [3.05, 3.63) is 29.3 Å². The highest BCUT2D eigenvalue weighted by Crippen LogP contribution is 2.19. The van der Waals surface area contributed by atoms with Crippen molar-refractivity contribution in [3.8, 4) is 5.75 Å². The molecule has 1 aromatic carbocycles. The summed E-state index contributed by atoms with van der Waals surface area (Å²) < 4.78 is 5.81. The number of rotatable bonds is 8. The zero-order chi connectivity index (χ0) is 13.4. The van der Waals surface area contributed by atoms with Crippen LogP contribution in [0.2, 0.25) is 0 Å². The van der Waals surface area contributed by atoms with Crippen molar-refractivity contribution >= 4 is 11.8 Å². The van der Waals surface area contributed by atoms with E-state index < -0.39 is 0 Å². The molecule has 0 saturated carbocycles. The molecule has 0 fully saturated rings. The maximum Gasteiger partial charge on any atom is 0.122 e. The van der Waals surface area contributed by atoms with Gasteiger partial charge in [0.2, 0.25) is 0 Å². The first-order valence-corrected chi connectivity index (χ1v) is 7.96. The van der Waals surface area contributed by atoms with E-state index in [1.54, 1.807) is 0 Å². The van der Waals surface area contributed by atoms with E-state index >= 15 is 0 Å². The van der Waals surface area contributed by atoms with Crippen LogP contribution in [0.1, 0.15) is 44.2 Å². The van der Waals surface area contributed by atoms with Crippen molar-refractivity contribution in [2.24, 2.45) is 0 Å². The lowest BCUT2D eigenvalue weighted by molar-refractivity contribution is 0.304. The average molecular weight is 266 g/mol. The summed E-state index contributed by atoms with van der Waals surface area (Å²) in [6, 6.07) is 6.37. The van der Waals surface area contributed by atoms with Gasteiger partial charge in [0, 0.05) is 0 Å². The van der Waals surface area contributed by atoms with E-state index in [2.05, 4.69) is 45.9 Å². The summed E-state index contributed by atoms with van der Waals surface area (Å²) in [5, 5.41) is 0.761. The first kappa shape index (κ1) is 15.4. The summed E-state index contributed by atoms with van der Waals surface area (Å²) in [5.41, 5.74) is 2.54. The Hall–Kier alpha value is -0.630. The minimum atomic E-state index is 0.761. The average Bonchev–Trinajstić information content (AvgIpc) is 2.30. The summed E-state index contributed by atoms with van der Waals surface area (Å²) in [5.74, 6) is 2.32. The van der Waals surface area contributed by atoms with E-state index in [1.165, 1.54) is 29.7 Å². The second kappa shape index (κ2) is 8.47. The lowest BCUT2D eigenvalue weighted by Crippen LogP contribution is -1.99. The van der Waals surface area contributed by atoms with E-state index in [4.69, 9.17) is 4.74 Å². The minimum Gasteiger partial charge on any atom is -0.493 e. The predicted octanol–water partition coefficient (Wildman–Crippen LogP) is 4.99. The van der Waals surface area contributed by atoms with Crippen molar-refractivity contribution in [1.29, 1.82) is 0 Å². The maximum absolute atomic E-state index is 5.81. The smallest absolute Gasteiger partial charge is 0.122 e. The third-order valence-electron chi connectivity index (χ3n) is 2.83. The molecule has 0 heterocycles. The monoisotopic (exact) mass is 266 g/mol. The van der Waals surface area contributed by atoms with Crippen LogP contribution in [0.25, 0.3) is 0 Å². The van der Waals surface area contributed by atoms with Gasteiger partial charge < -0.3 is 4.74 Å². The summed E-state index contributed by atoms with van der Waals surface area (Å²) >= 11 is 2.05. The van der Waals surface area contributed by atoms with Crippen LogP contribution in [0, 0.1) is 13.8 Å². The second-order valence-corrected chi connectivity index (χ2v) is 6.78. The first-order chi connectivity index (χ1) is 8.59. The normalized spacial score (nSPS) is 10.9. The molecule has 1 nitrogen and oxygen atoms in total. The van der Waals surface area contributed by atoms with Gasteiger partial charge in [0.05, 0.1) is 6.61 Å². The van der Waals surface area contributed by atoms with Gasteiger partial charge in [-0.1, -0.05) is 31.5 Å². The molecule has 0 spiro atoms. The Morgan fingerprint density at radius 3 is 2.56 bits per heavy atom. The molecule has 102 valence electrons. The molecule has 0 N–H and O–H groups in total. The zero-order valence-electron chi connectivity index (χ0n) is 12.2. The van der Waals surface area contributed by atoms with Gasteiger partial charge in [-0.25, -0.2) is 0 Å². The predicted molar refractivity (Wildman–Crippen MR) is 82.9 cm³/mol. The Labute approximate surface area is 116 Å². The molecule has 0 aliphatic rings. The Bertz CT molecular complexity index is 347. The van der Waals surface area contributed by atoms with Crippen molar-refractivity contribution in [3.63, 3.8) is 0 Å². The fraction of sp³-hybridized carbons (Fsp3) is 0.625. The van der Waals surface area contributed by atoms with Gasteiger partial charge in [-0.2, -0.15) is 11.8 Å². The van der Waals surface area contributed by atoms with E-state index in [0.29, 0.717) is 0 Å². The van der Waals surface area contributed by atoms with Crippen LogP contribution in [0.4, 0.5) is 0 Å². The minimum absolute atomic E-state index is 0.761. The molecule has 0 radical (unpaired) electrons. The molecule has 1 rings (SSSR count). The Balaban J connectivity index is 2.11. The van der Waals surface area contributed by atoms with E-state index in [0.717, 1.165) is 24.0 Å². The molecule has 0 bridgehead atoms. The largest absolute Gasteiger partial charge is 0.493 e. The highest BCUT2D eigenvalue weighted by Gasteiger charge is 1.99. The molecule has 0 atom stereocenters. The number of unbranched alkanes of at least 4 members (excludes halogenated alkanes) is 2. The summed E-state index contributed by atoms with van der Waals surface area (Å²) in [6.07, 6.45) is 3.73. The molecule has 0 amide bonds. The van der Waals surface area contributed by atoms with E-state index in [1.807, 2.05) is 11.8 Å². The first-order valence-electron chi connectivity index (χ1n) is 6.91. The van der Waals surface area contributed by atoms with Gasteiger partial charge >= 0.3 is 0 Å². The molecular weight excluding hydrogens is 240 g/mol. The lowest BCUT2D eigenvalue weighted by Gasteiger charge is -2.09. The van der Waals surface area contributed by atoms with Crippen molar-refractivity contribution < 1.29 is 4.74 Å². The molecule has 0 saturated heterocycles. The summed E-state index contributed by atoms with van der Waals surface area (Å²) in [6.45, 7) is 9.59. The van der Waals surface area contributed by atoms with Crippen LogP contribution >= 0.6 is 11.8 Å². The molecule has 0 aliphatic carbocycles. The molecule has 1 aromatic rings. The number of benzene rings is 1. The SMILES string of the molecule is Cc1ccc(OCCCCCSC(C)C)c(C)c1. The Kier molecular flexibility index (Phi) is 7.26. The molecular formula is C16H26OS.